The van der Waals surface area contributed by atoms with E-state index in [-0.39, 0.29) is 23.4 Å². The molecule has 2 bridgehead atoms. The van der Waals surface area contributed by atoms with Crippen molar-refractivity contribution in [2.45, 2.75) is 18.9 Å². The van der Waals surface area contributed by atoms with Crippen molar-refractivity contribution in [3.05, 3.63) is 70.8 Å². The zero-order chi connectivity index (χ0) is 20.7. The van der Waals surface area contributed by atoms with E-state index >= 15 is 0 Å². The molecule has 154 valence electrons. The summed E-state index contributed by atoms with van der Waals surface area (Å²) in [5, 5.41) is 2.97. The second-order valence-electron chi connectivity index (χ2n) is 7.89. The molecule has 2 aromatic heterocycles. The summed E-state index contributed by atoms with van der Waals surface area (Å²) >= 11 is 0. The highest BCUT2D eigenvalue weighted by Crippen LogP contribution is 2.40. The third-order valence-corrected chi connectivity index (χ3v) is 6.01. The average molecular weight is 405 g/mol. The van der Waals surface area contributed by atoms with E-state index in [2.05, 4.69) is 5.32 Å². The molecule has 1 saturated heterocycles. The Morgan fingerprint density at radius 3 is 2.77 bits per heavy atom. The van der Waals surface area contributed by atoms with Crippen LogP contribution in [-0.2, 0) is 6.54 Å². The van der Waals surface area contributed by atoms with Crippen molar-refractivity contribution in [2.24, 2.45) is 5.92 Å². The van der Waals surface area contributed by atoms with Crippen LogP contribution in [0.15, 0.2) is 64.0 Å². The predicted molar refractivity (Wildman–Crippen MR) is 113 cm³/mol. The van der Waals surface area contributed by atoms with Gasteiger partial charge in [-0.3, -0.25) is 4.79 Å². The zero-order valence-electron chi connectivity index (χ0n) is 16.7. The number of pyridine rings is 1. The minimum atomic E-state index is -0.152. The van der Waals surface area contributed by atoms with Gasteiger partial charge in [0.05, 0.1) is 19.1 Å². The van der Waals surface area contributed by atoms with E-state index in [1.54, 1.807) is 19.4 Å². The van der Waals surface area contributed by atoms with Crippen molar-refractivity contribution < 1.29 is 13.9 Å². The summed E-state index contributed by atoms with van der Waals surface area (Å²) in [6, 6.07) is 14.4. The van der Waals surface area contributed by atoms with Crippen LogP contribution in [0.5, 0.6) is 5.75 Å². The Hall–Kier alpha value is -3.48. The molecule has 5 rings (SSSR count). The number of ether oxygens (including phenoxy) is 1. The maximum atomic E-state index is 13.0. The summed E-state index contributed by atoms with van der Waals surface area (Å²) in [6.07, 6.45) is 2.59. The Balaban J connectivity index is 1.45. The Bertz CT molecular complexity index is 1140. The van der Waals surface area contributed by atoms with Gasteiger partial charge in [0.25, 0.3) is 5.56 Å². The number of aromatic nitrogens is 1. The maximum Gasteiger partial charge on any atom is 0.321 e. The van der Waals surface area contributed by atoms with Gasteiger partial charge in [-0.2, -0.15) is 0 Å². The van der Waals surface area contributed by atoms with E-state index in [0.29, 0.717) is 31.1 Å². The minimum Gasteiger partial charge on any atom is -0.495 e. The van der Waals surface area contributed by atoms with Gasteiger partial charge in [-0.25, -0.2) is 4.79 Å². The molecule has 0 aliphatic carbocycles. The van der Waals surface area contributed by atoms with E-state index < -0.39 is 0 Å². The molecule has 0 saturated carbocycles. The number of methoxy groups -OCH3 is 1. The molecule has 4 heterocycles. The molecule has 2 aliphatic rings. The van der Waals surface area contributed by atoms with Gasteiger partial charge < -0.3 is 23.9 Å². The first-order chi connectivity index (χ1) is 14.6. The fraction of sp³-hybridized carbons (Fsp3) is 0.304. The molecular formula is C23H23N3O4. The number of anilines is 1. The van der Waals surface area contributed by atoms with Gasteiger partial charge in [0.1, 0.15) is 11.5 Å². The first-order valence-electron chi connectivity index (χ1n) is 10.1. The van der Waals surface area contributed by atoms with Crippen molar-refractivity contribution in [1.29, 1.82) is 0 Å². The average Bonchev–Trinajstić information content (AvgIpc) is 3.29. The summed E-state index contributed by atoms with van der Waals surface area (Å²) < 4.78 is 12.8. The lowest BCUT2D eigenvalue weighted by molar-refractivity contribution is 0.140. The van der Waals surface area contributed by atoms with Crippen LogP contribution in [0.2, 0.25) is 0 Å². The van der Waals surface area contributed by atoms with Gasteiger partial charge in [0.15, 0.2) is 0 Å². The van der Waals surface area contributed by atoms with Gasteiger partial charge in [-0.05, 0) is 42.7 Å². The lowest BCUT2D eigenvalue weighted by Gasteiger charge is -2.43. The highest BCUT2D eigenvalue weighted by atomic mass is 16.5. The van der Waals surface area contributed by atoms with Crippen molar-refractivity contribution in [3.8, 4) is 17.1 Å². The number of nitrogens with one attached hydrogen (secondary N) is 1. The molecule has 2 amide bonds. The topological polar surface area (TPSA) is 76.7 Å². The number of urea groups is 1. The van der Waals surface area contributed by atoms with Crippen LogP contribution >= 0.6 is 0 Å². The second kappa shape index (κ2) is 7.40. The Kier molecular flexibility index (Phi) is 4.58. The summed E-state index contributed by atoms with van der Waals surface area (Å²) in [5.74, 6) is 1.69. The quantitative estimate of drug-likeness (QED) is 0.720. The predicted octanol–water partition coefficient (Wildman–Crippen LogP) is 3.77. The lowest BCUT2D eigenvalue weighted by atomic mass is 9.81. The van der Waals surface area contributed by atoms with Crippen LogP contribution in [0.1, 0.15) is 18.0 Å². The summed E-state index contributed by atoms with van der Waals surface area (Å²) in [4.78, 5) is 27.4. The molecule has 1 N–H and O–H groups in total. The van der Waals surface area contributed by atoms with Crippen molar-refractivity contribution >= 4 is 11.7 Å². The molecule has 1 fully saturated rings. The molecule has 2 aliphatic heterocycles. The number of hydrogen-bond acceptors (Lipinski definition) is 4. The zero-order valence-corrected chi connectivity index (χ0v) is 16.7. The normalized spacial score (nSPS) is 19.8. The monoisotopic (exact) mass is 405 g/mol. The molecule has 0 unspecified atom stereocenters. The summed E-state index contributed by atoms with van der Waals surface area (Å²) in [7, 11) is 1.58. The molecule has 7 nitrogen and oxygen atoms in total. The number of carbonyl (C=O) groups is 1. The van der Waals surface area contributed by atoms with Gasteiger partial charge in [0, 0.05) is 42.9 Å². The van der Waals surface area contributed by atoms with Crippen LogP contribution in [-0.4, -0.2) is 35.7 Å². The number of para-hydroxylation sites is 2. The number of piperidine rings is 1. The standard InChI is InChI=1S/C23H23N3O4/c1-29-20-6-3-2-5-18(20)24-23(28)25-12-15-11-16(14-25)22-17(19-7-4-10-30-19)8-9-21(27)26(22)13-15/h2-10,15-16H,11-14H2,1H3,(H,24,28)/t15-,16+/m0/s1. The van der Waals surface area contributed by atoms with Crippen molar-refractivity contribution in [2.75, 3.05) is 25.5 Å². The van der Waals surface area contributed by atoms with Gasteiger partial charge in [0.2, 0.25) is 0 Å². The second-order valence-corrected chi connectivity index (χ2v) is 7.89. The molecule has 3 aromatic rings. The smallest absolute Gasteiger partial charge is 0.321 e. The van der Waals surface area contributed by atoms with Crippen molar-refractivity contribution in [1.82, 2.24) is 9.47 Å². The maximum absolute atomic E-state index is 13.0. The molecule has 30 heavy (non-hydrogen) atoms. The number of rotatable bonds is 3. The Morgan fingerprint density at radius 2 is 1.97 bits per heavy atom. The number of amides is 2. The number of fused-ring (bicyclic) bond motifs is 4. The summed E-state index contributed by atoms with van der Waals surface area (Å²) in [5.41, 5.74) is 2.54. The highest BCUT2D eigenvalue weighted by molar-refractivity contribution is 5.91. The molecule has 2 atom stereocenters. The Labute approximate surface area is 173 Å². The molecule has 1 aromatic carbocycles. The molecule has 0 radical (unpaired) electrons. The number of benzene rings is 1. The molecule has 7 heteroatoms. The lowest BCUT2D eigenvalue weighted by Crippen LogP contribution is -2.50. The number of likely N-dealkylation sites (tertiary alicyclic amines) is 1. The van der Waals surface area contributed by atoms with Crippen LogP contribution in [0, 0.1) is 5.92 Å². The van der Waals surface area contributed by atoms with Crippen LogP contribution in [0.25, 0.3) is 11.3 Å². The number of nitrogens with zero attached hydrogens (tertiary/aromatic N) is 2. The minimum absolute atomic E-state index is 0.00179. The molecular weight excluding hydrogens is 382 g/mol. The highest BCUT2D eigenvalue weighted by Gasteiger charge is 2.38. The number of furan rings is 1. The Morgan fingerprint density at radius 1 is 1.10 bits per heavy atom. The van der Waals surface area contributed by atoms with E-state index in [1.807, 2.05) is 51.9 Å². The SMILES string of the molecule is COc1ccccc1NC(=O)N1C[C@@H]2C[C@H](C1)c1c(-c3ccco3)ccc(=O)n1C2. The number of hydrogen-bond donors (Lipinski definition) is 1. The first-order valence-corrected chi connectivity index (χ1v) is 10.1. The van der Waals surface area contributed by atoms with Crippen LogP contribution in [0.4, 0.5) is 10.5 Å². The summed E-state index contributed by atoms with van der Waals surface area (Å²) in [6.45, 7) is 1.78. The van der Waals surface area contributed by atoms with Gasteiger partial charge >= 0.3 is 6.03 Å². The van der Waals surface area contributed by atoms with Crippen molar-refractivity contribution in [3.63, 3.8) is 0 Å². The van der Waals surface area contributed by atoms with Gasteiger partial charge in [-0.1, -0.05) is 12.1 Å². The first kappa shape index (κ1) is 18.5. The van der Waals surface area contributed by atoms with E-state index in [9.17, 15) is 9.59 Å². The van der Waals surface area contributed by atoms with Crippen LogP contribution < -0.4 is 15.6 Å². The third kappa shape index (κ3) is 3.16. The van der Waals surface area contributed by atoms with Crippen LogP contribution in [0.3, 0.4) is 0 Å². The molecule has 0 spiro atoms. The fourth-order valence-corrected chi connectivity index (χ4v) is 4.76. The van der Waals surface area contributed by atoms with E-state index in [0.717, 1.165) is 23.4 Å². The number of carbonyl (C=O) groups excluding carboxylic acids is 1. The largest absolute Gasteiger partial charge is 0.495 e. The third-order valence-electron chi connectivity index (χ3n) is 6.01. The fourth-order valence-electron chi connectivity index (χ4n) is 4.76. The van der Waals surface area contributed by atoms with E-state index in [1.165, 1.54) is 0 Å². The van der Waals surface area contributed by atoms with E-state index in [4.69, 9.17) is 9.15 Å². The van der Waals surface area contributed by atoms with Gasteiger partial charge in [-0.15, -0.1) is 0 Å².